The number of hydrogen-bond donors (Lipinski definition) is 3. The van der Waals surface area contributed by atoms with Crippen LogP contribution in [0.15, 0.2) is 6.07 Å². The number of rotatable bonds is 6. The van der Waals surface area contributed by atoms with Crippen molar-refractivity contribution in [3.05, 3.63) is 16.8 Å². The second-order valence-electron chi connectivity index (χ2n) is 6.22. The van der Waals surface area contributed by atoms with Gasteiger partial charge in [0.25, 0.3) is 0 Å². The van der Waals surface area contributed by atoms with Crippen molar-refractivity contribution < 1.29 is 4.79 Å². The van der Waals surface area contributed by atoms with E-state index in [9.17, 15) is 4.79 Å². The van der Waals surface area contributed by atoms with Gasteiger partial charge in [0.15, 0.2) is 11.0 Å². The van der Waals surface area contributed by atoms with Gasteiger partial charge < -0.3 is 16.4 Å². The van der Waals surface area contributed by atoms with Crippen LogP contribution < -0.4 is 16.4 Å². The second-order valence-corrected chi connectivity index (χ2v) is 6.58. The Kier molecular flexibility index (Phi) is 6.51. The normalized spacial score (nSPS) is 13.0. The van der Waals surface area contributed by atoms with Crippen LogP contribution >= 0.6 is 11.6 Å². The lowest BCUT2D eigenvalue weighted by Crippen LogP contribution is -2.28. The Balaban J connectivity index is 2.69. The first-order valence-electron chi connectivity index (χ1n) is 6.98. The fraction of sp³-hybridized carbons (Fsp3) is 0.643. The molecule has 0 aromatic carbocycles. The maximum Gasteiger partial charge on any atom is 0.230 e. The number of nitrogens with two attached hydrogens (primary N) is 1. The fourth-order valence-corrected chi connectivity index (χ4v) is 1.60. The number of carbonyl (C=O) groups excluding carboxylic acids is 1. The average molecular weight is 314 g/mol. The predicted octanol–water partition coefficient (Wildman–Crippen LogP) is 1.80. The van der Waals surface area contributed by atoms with Crippen LogP contribution in [-0.4, -0.2) is 29.2 Å². The van der Waals surface area contributed by atoms with Gasteiger partial charge in [0.1, 0.15) is 0 Å². The number of amides is 1. The van der Waals surface area contributed by atoms with Gasteiger partial charge in [0.05, 0.1) is 0 Å². The molecule has 1 aromatic rings. The zero-order valence-corrected chi connectivity index (χ0v) is 13.8. The monoisotopic (exact) mass is 313 g/mol. The van der Waals surface area contributed by atoms with Crippen LogP contribution in [0, 0.1) is 11.3 Å². The van der Waals surface area contributed by atoms with Crippen molar-refractivity contribution in [2.24, 2.45) is 17.1 Å². The Morgan fingerprint density at radius 3 is 2.67 bits per heavy atom. The van der Waals surface area contributed by atoms with Gasteiger partial charge in [-0.15, -0.1) is 10.2 Å². The van der Waals surface area contributed by atoms with E-state index < -0.39 is 5.41 Å². The summed E-state index contributed by atoms with van der Waals surface area (Å²) in [5.41, 5.74) is 5.87. The lowest BCUT2D eigenvalue weighted by Gasteiger charge is -2.17. The van der Waals surface area contributed by atoms with Crippen molar-refractivity contribution in [3.63, 3.8) is 0 Å². The molecule has 1 aromatic heterocycles. The predicted molar refractivity (Wildman–Crippen MR) is 85.1 cm³/mol. The summed E-state index contributed by atoms with van der Waals surface area (Å²) in [6.07, 6.45) is 0. The molecule has 1 heterocycles. The molecule has 0 fully saturated rings. The smallest absolute Gasteiger partial charge is 0.230 e. The Hall–Kier alpha value is -1.24. The van der Waals surface area contributed by atoms with Crippen LogP contribution in [0.25, 0.3) is 0 Å². The number of nitrogens with zero attached hydrogens (tertiary/aromatic N) is 2. The van der Waals surface area contributed by atoms with E-state index in [-0.39, 0.29) is 5.91 Å². The molecule has 0 aliphatic carbocycles. The molecule has 0 aliphatic heterocycles. The first kappa shape index (κ1) is 17.8. The van der Waals surface area contributed by atoms with Crippen molar-refractivity contribution >= 4 is 23.3 Å². The summed E-state index contributed by atoms with van der Waals surface area (Å²) < 4.78 is 0. The van der Waals surface area contributed by atoms with E-state index in [1.54, 1.807) is 6.07 Å². The number of aromatic nitrogens is 2. The third-order valence-corrected chi connectivity index (χ3v) is 3.27. The largest absolute Gasteiger partial charge is 0.330 e. The molecule has 1 amide bonds. The van der Waals surface area contributed by atoms with E-state index in [0.717, 1.165) is 12.1 Å². The molecular formula is C14H24ClN5O. The molecule has 0 saturated heterocycles. The molecule has 0 saturated carbocycles. The molecule has 1 unspecified atom stereocenters. The van der Waals surface area contributed by atoms with E-state index in [1.165, 1.54) is 0 Å². The van der Waals surface area contributed by atoms with Crippen LogP contribution in [-0.2, 0) is 11.3 Å². The van der Waals surface area contributed by atoms with Gasteiger partial charge in [-0.2, -0.15) is 0 Å². The highest BCUT2D eigenvalue weighted by Crippen LogP contribution is 2.19. The Labute approximate surface area is 130 Å². The maximum atomic E-state index is 11.9. The van der Waals surface area contributed by atoms with Crippen LogP contribution in [0.1, 0.15) is 33.3 Å². The molecule has 0 radical (unpaired) electrons. The van der Waals surface area contributed by atoms with Crippen LogP contribution in [0.3, 0.4) is 0 Å². The minimum atomic E-state index is -0.490. The molecule has 6 nitrogen and oxygen atoms in total. The van der Waals surface area contributed by atoms with Crippen LogP contribution in [0.2, 0.25) is 5.15 Å². The van der Waals surface area contributed by atoms with E-state index in [2.05, 4.69) is 27.8 Å². The number of nitrogens with one attached hydrogen (secondary N) is 2. The molecule has 0 aliphatic rings. The first-order chi connectivity index (χ1) is 9.74. The lowest BCUT2D eigenvalue weighted by atomic mass is 9.96. The van der Waals surface area contributed by atoms with Gasteiger partial charge in [0.2, 0.25) is 5.91 Å². The summed E-state index contributed by atoms with van der Waals surface area (Å²) in [7, 11) is 0. The molecule has 21 heavy (non-hydrogen) atoms. The van der Waals surface area contributed by atoms with E-state index in [1.807, 2.05) is 20.8 Å². The Morgan fingerprint density at radius 1 is 1.43 bits per heavy atom. The summed E-state index contributed by atoms with van der Waals surface area (Å²) in [6, 6.07) is 1.74. The zero-order valence-electron chi connectivity index (χ0n) is 13.0. The minimum Gasteiger partial charge on any atom is -0.330 e. The van der Waals surface area contributed by atoms with Gasteiger partial charge in [-0.05, 0) is 25.1 Å². The van der Waals surface area contributed by atoms with E-state index in [0.29, 0.717) is 30.0 Å². The van der Waals surface area contributed by atoms with Crippen molar-refractivity contribution in [2.75, 3.05) is 18.4 Å². The molecule has 7 heteroatoms. The number of hydrogen-bond acceptors (Lipinski definition) is 5. The van der Waals surface area contributed by atoms with E-state index >= 15 is 0 Å². The molecule has 118 valence electrons. The topological polar surface area (TPSA) is 92.9 Å². The highest BCUT2D eigenvalue weighted by Gasteiger charge is 2.22. The SMILES string of the molecule is CC(CN)CNCc1cc(NC(=O)C(C)(C)C)nnc1Cl. The molecule has 1 rings (SSSR count). The first-order valence-corrected chi connectivity index (χ1v) is 7.36. The Bertz CT molecular complexity index is 487. The standard InChI is InChI=1S/C14H24ClN5O/c1-9(6-16)7-17-8-10-5-11(19-20-12(10)15)18-13(21)14(2,3)4/h5,9,17H,6-8,16H2,1-4H3,(H,18,19,21). The second kappa shape index (κ2) is 7.68. The van der Waals surface area contributed by atoms with Crippen LogP contribution in [0.5, 0.6) is 0 Å². The zero-order chi connectivity index (χ0) is 16.0. The van der Waals surface area contributed by atoms with Crippen molar-refractivity contribution in [2.45, 2.75) is 34.2 Å². The number of halogens is 1. The van der Waals surface area contributed by atoms with Crippen LogP contribution in [0.4, 0.5) is 5.82 Å². The quantitative estimate of drug-likeness (QED) is 0.744. The fourth-order valence-electron chi connectivity index (χ4n) is 1.44. The summed E-state index contributed by atoms with van der Waals surface area (Å²) in [5, 5.41) is 14.1. The molecule has 4 N–H and O–H groups in total. The average Bonchev–Trinajstić information content (AvgIpc) is 2.40. The minimum absolute atomic E-state index is 0.116. The summed E-state index contributed by atoms with van der Waals surface area (Å²) >= 11 is 6.02. The summed E-state index contributed by atoms with van der Waals surface area (Å²) in [5.74, 6) is 0.677. The van der Waals surface area contributed by atoms with Crippen molar-refractivity contribution in [3.8, 4) is 0 Å². The molecule has 1 atom stereocenters. The number of carbonyl (C=O) groups is 1. The molecular weight excluding hydrogens is 290 g/mol. The maximum absolute atomic E-state index is 11.9. The van der Waals surface area contributed by atoms with Crippen molar-refractivity contribution in [1.82, 2.24) is 15.5 Å². The van der Waals surface area contributed by atoms with Gasteiger partial charge >= 0.3 is 0 Å². The number of anilines is 1. The summed E-state index contributed by atoms with van der Waals surface area (Å²) in [4.78, 5) is 11.9. The molecule has 0 spiro atoms. The van der Waals surface area contributed by atoms with Gasteiger partial charge in [-0.25, -0.2) is 0 Å². The van der Waals surface area contributed by atoms with Gasteiger partial charge in [0, 0.05) is 17.5 Å². The van der Waals surface area contributed by atoms with Gasteiger partial charge in [-0.3, -0.25) is 4.79 Å². The van der Waals surface area contributed by atoms with Crippen molar-refractivity contribution in [1.29, 1.82) is 0 Å². The Morgan fingerprint density at radius 2 is 2.10 bits per heavy atom. The third-order valence-electron chi connectivity index (χ3n) is 2.95. The highest BCUT2D eigenvalue weighted by molar-refractivity contribution is 6.30. The highest BCUT2D eigenvalue weighted by atomic mass is 35.5. The third kappa shape index (κ3) is 5.95. The summed E-state index contributed by atoms with van der Waals surface area (Å²) in [6.45, 7) is 9.54. The van der Waals surface area contributed by atoms with Gasteiger partial charge in [-0.1, -0.05) is 39.3 Å². The van der Waals surface area contributed by atoms with E-state index in [4.69, 9.17) is 17.3 Å². The lowest BCUT2D eigenvalue weighted by molar-refractivity contribution is -0.123. The molecule has 0 bridgehead atoms.